The quantitative estimate of drug-likeness (QED) is 0.794. The van der Waals surface area contributed by atoms with Crippen LogP contribution >= 0.6 is 0 Å². The molecule has 76 valence electrons. The number of hydrogen-bond acceptors (Lipinski definition) is 4. The number of nitrogens with zero attached hydrogens (tertiary/aromatic N) is 3. The second-order valence-corrected chi connectivity index (χ2v) is 3.38. The van der Waals surface area contributed by atoms with E-state index in [4.69, 9.17) is 5.73 Å². The number of anilines is 1. The molecule has 0 unspecified atom stereocenters. The van der Waals surface area contributed by atoms with E-state index in [0.717, 1.165) is 17.1 Å². The third-order valence-electron chi connectivity index (χ3n) is 2.03. The van der Waals surface area contributed by atoms with Crippen LogP contribution in [0.3, 0.4) is 0 Å². The first-order valence-corrected chi connectivity index (χ1v) is 4.73. The maximum atomic E-state index is 5.65. The van der Waals surface area contributed by atoms with Crippen molar-refractivity contribution in [2.45, 2.75) is 13.3 Å². The van der Waals surface area contributed by atoms with Crippen molar-refractivity contribution < 1.29 is 0 Å². The minimum atomic E-state index is 0.520. The summed E-state index contributed by atoms with van der Waals surface area (Å²) in [6.07, 6.45) is 4.21. The molecule has 2 aromatic heterocycles. The highest BCUT2D eigenvalue weighted by Crippen LogP contribution is 2.07. The minimum Gasteiger partial charge on any atom is -0.384 e. The third-order valence-corrected chi connectivity index (χ3v) is 2.03. The molecule has 0 bridgehead atoms. The van der Waals surface area contributed by atoms with Crippen LogP contribution in [0.25, 0.3) is 0 Å². The van der Waals surface area contributed by atoms with Gasteiger partial charge in [-0.15, -0.1) is 0 Å². The summed E-state index contributed by atoms with van der Waals surface area (Å²) in [4.78, 5) is 12.4. The lowest BCUT2D eigenvalue weighted by molar-refractivity contribution is 0.946. The van der Waals surface area contributed by atoms with Crippen molar-refractivity contribution in [3.8, 4) is 0 Å². The molecular formula is C11H12N4. The fraction of sp³-hybridized carbons (Fsp3) is 0.182. The van der Waals surface area contributed by atoms with Crippen LogP contribution < -0.4 is 5.73 Å². The van der Waals surface area contributed by atoms with Gasteiger partial charge in [0.15, 0.2) is 0 Å². The Bertz CT molecular complexity index is 433. The highest BCUT2D eigenvalue weighted by atomic mass is 14.9. The van der Waals surface area contributed by atoms with E-state index in [2.05, 4.69) is 15.0 Å². The van der Waals surface area contributed by atoms with E-state index >= 15 is 0 Å². The molecule has 0 radical (unpaired) electrons. The molecule has 0 fully saturated rings. The van der Waals surface area contributed by atoms with Crippen molar-refractivity contribution in [3.63, 3.8) is 0 Å². The first kappa shape index (κ1) is 9.58. The first-order valence-electron chi connectivity index (χ1n) is 4.73. The Labute approximate surface area is 88.2 Å². The van der Waals surface area contributed by atoms with Gasteiger partial charge in [0.25, 0.3) is 0 Å². The Morgan fingerprint density at radius 1 is 1.20 bits per heavy atom. The van der Waals surface area contributed by atoms with Gasteiger partial charge in [-0.1, -0.05) is 0 Å². The van der Waals surface area contributed by atoms with Gasteiger partial charge in [0.2, 0.25) is 0 Å². The number of aryl methyl sites for hydroxylation is 1. The van der Waals surface area contributed by atoms with E-state index < -0.39 is 0 Å². The molecule has 2 rings (SSSR count). The van der Waals surface area contributed by atoms with E-state index in [9.17, 15) is 0 Å². The fourth-order valence-corrected chi connectivity index (χ4v) is 1.42. The molecule has 2 N–H and O–H groups in total. The zero-order valence-corrected chi connectivity index (χ0v) is 8.51. The van der Waals surface area contributed by atoms with Crippen LogP contribution in [0, 0.1) is 6.92 Å². The summed E-state index contributed by atoms with van der Waals surface area (Å²) < 4.78 is 0. The predicted octanol–water partition coefficient (Wildman–Crippen LogP) is 1.35. The monoisotopic (exact) mass is 200 g/mol. The lowest BCUT2D eigenvalue weighted by Gasteiger charge is -2.02. The fourth-order valence-electron chi connectivity index (χ4n) is 1.42. The van der Waals surface area contributed by atoms with Crippen LogP contribution in [0.1, 0.15) is 17.1 Å². The van der Waals surface area contributed by atoms with E-state index in [1.165, 1.54) is 0 Å². The molecule has 4 nitrogen and oxygen atoms in total. The van der Waals surface area contributed by atoms with Crippen LogP contribution in [-0.4, -0.2) is 15.0 Å². The number of aromatic nitrogens is 3. The lowest BCUT2D eigenvalue weighted by atomic mass is 10.2. The van der Waals surface area contributed by atoms with Crippen LogP contribution in [0.15, 0.2) is 30.6 Å². The number of nitrogen functional groups attached to an aromatic ring is 1. The minimum absolute atomic E-state index is 0.520. The number of pyridine rings is 1. The maximum absolute atomic E-state index is 5.65. The van der Waals surface area contributed by atoms with Gasteiger partial charge in [-0.05, 0) is 24.6 Å². The summed E-state index contributed by atoms with van der Waals surface area (Å²) in [5.74, 6) is 1.27. The number of hydrogen-bond donors (Lipinski definition) is 1. The highest BCUT2D eigenvalue weighted by molar-refractivity contribution is 5.30. The molecule has 4 heteroatoms. The van der Waals surface area contributed by atoms with Crippen LogP contribution in [-0.2, 0) is 6.42 Å². The summed E-state index contributed by atoms with van der Waals surface area (Å²) in [7, 11) is 0. The molecule has 0 spiro atoms. The number of nitrogens with two attached hydrogens (primary N) is 1. The molecule has 0 saturated heterocycles. The zero-order chi connectivity index (χ0) is 10.7. The van der Waals surface area contributed by atoms with Crippen LogP contribution in [0.5, 0.6) is 0 Å². The van der Waals surface area contributed by atoms with Gasteiger partial charge in [0.05, 0.1) is 0 Å². The molecule has 2 aromatic rings. The summed E-state index contributed by atoms with van der Waals surface area (Å²) in [6.45, 7) is 1.91. The molecule has 0 atom stereocenters. The van der Waals surface area contributed by atoms with E-state index in [1.54, 1.807) is 18.5 Å². The molecule has 15 heavy (non-hydrogen) atoms. The molecule has 0 amide bonds. The largest absolute Gasteiger partial charge is 0.384 e. The average Bonchev–Trinajstić information content (AvgIpc) is 2.17. The molecule has 0 aliphatic carbocycles. The van der Waals surface area contributed by atoms with Crippen molar-refractivity contribution in [2.24, 2.45) is 0 Å². The average molecular weight is 200 g/mol. The van der Waals surface area contributed by atoms with Crippen LogP contribution in [0.2, 0.25) is 0 Å². The Hall–Kier alpha value is -1.97. The van der Waals surface area contributed by atoms with E-state index in [1.807, 2.05) is 19.1 Å². The second-order valence-electron chi connectivity index (χ2n) is 3.38. The summed E-state index contributed by atoms with van der Waals surface area (Å²) >= 11 is 0. The van der Waals surface area contributed by atoms with Gasteiger partial charge in [0.1, 0.15) is 11.6 Å². The summed E-state index contributed by atoms with van der Waals surface area (Å²) in [5.41, 5.74) is 7.68. The van der Waals surface area contributed by atoms with E-state index in [0.29, 0.717) is 12.2 Å². The zero-order valence-electron chi connectivity index (χ0n) is 8.51. The van der Waals surface area contributed by atoms with Crippen molar-refractivity contribution in [3.05, 3.63) is 47.7 Å². The lowest BCUT2D eigenvalue weighted by Crippen LogP contribution is -2.02. The Morgan fingerprint density at radius 2 is 1.93 bits per heavy atom. The molecule has 0 aliphatic heterocycles. The van der Waals surface area contributed by atoms with Gasteiger partial charge >= 0.3 is 0 Å². The first-order chi connectivity index (χ1) is 7.24. The van der Waals surface area contributed by atoms with Crippen molar-refractivity contribution in [1.29, 1.82) is 0 Å². The van der Waals surface area contributed by atoms with E-state index in [-0.39, 0.29) is 0 Å². The molecule has 0 saturated carbocycles. The third kappa shape index (κ3) is 2.49. The Morgan fingerprint density at radius 3 is 2.60 bits per heavy atom. The maximum Gasteiger partial charge on any atom is 0.135 e. The number of rotatable bonds is 2. The van der Waals surface area contributed by atoms with Gasteiger partial charge in [-0.2, -0.15) is 0 Å². The van der Waals surface area contributed by atoms with Crippen molar-refractivity contribution in [2.75, 3.05) is 5.73 Å². The molecular weight excluding hydrogens is 188 g/mol. The van der Waals surface area contributed by atoms with Gasteiger partial charge in [-0.25, -0.2) is 9.97 Å². The van der Waals surface area contributed by atoms with Gasteiger partial charge < -0.3 is 5.73 Å². The molecule has 2 heterocycles. The molecule has 0 aliphatic rings. The molecule has 0 aromatic carbocycles. The van der Waals surface area contributed by atoms with Gasteiger partial charge in [0, 0.05) is 30.6 Å². The Kier molecular flexibility index (Phi) is 2.58. The normalized spacial score (nSPS) is 10.2. The standard InChI is InChI=1S/C11H12N4/c1-8-6-10(12)15-11(14-8)7-9-2-4-13-5-3-9/h2-6H,7H2,1H3,(H2,12,14,15). The van der Waals surface area contributed by atoms with Gasteiger partial charge in [-0.3, -0.25) is 4.98 Å². The highest BCUT2D eigenvalue weighted by Gasteiger charge is 2.01. The summed E-state index contributed by atoms with van der Waals surface area (Å²) in [5, 5.41) is 0. The Balaban J connectivity index is 2.25. The summed E-state index contributed by atoms with van der Waals surface area (Å²) in [6, 6.07) is 5.65. The SMILES string of the molecule is Cc1cc(N)nc(Cc2ccncc2)n1. The predicted molar refractivity (Wildman–Crippen MR) is 58.2 cm³/mol. The smallest absolute Gasteiger partial charge is 0.135 e. The second kappa shape index (κ2) is 4.04. The topological polar surface area (TPSA) is 64.7 Å². The van der Waals surface area contributed by atoms with Crippen LogP contribution in [0.4, 0.5) is 5.82 Å². The van der Waals surface area contributed by atoms with Crippen molar-refractivity contribution in [1.82, 2.24) is 15.0 Å². The van der Waals surface area contributed by atoms with Crippen molar-refractivity contribution >= 4 is 5.82 Å².